The third kappa shape index (κ3) is 7.83. The van der Waals surface area contributed by atoms with E-state index >= 15 is 0 Å². The molecule has 0 aliphatic carbocycles. The van der Waals surface area contributed by atoms with Crippen molar-refractivity contribution >= 4 is 39.1 Å². The quantitative estimate of drug-likeness (QED) is 0.309. The zero-order chi connectivity index (χ0) is 28.6. The van der Waals surface area contributed by atoms with Crippen molar-refractivity contribution in [3.63, 3.8) is 0 Å². The van der Waals surface area contributed by atoms with E-state index < -0.39 is 28.5 Å². The van der Waals surface area contributed by atoms with E-state index in [1.165, 1.54) is 17.0 Å². The van der Waals surface area contributed by atoms with Crippen molar-refractivity contribution in [1.82, 2.24) is 10.2 Å². The molecule has 0 fully saturated rings. The number of amides is 2. The fourth-order valence-corrected chi connectivity index (χ4v) is 5.73. The third-order valence-corrected chi connectivity index (χ3v) is 8.59. The summed E-state index contributed by atoms with van der Waals surface area (Å²) in [7, 11) is -4.09. The molecule has 0 unspecified atom stereocenters. The van der Waals surface area contributed by atoms with Gasteiger partial charge >= 0.3 is 0 Å². The maximum absolute atomic E-state index is 14.0. The highest BCUT2D eigenvalue weighted by atomic mass is 35.5. The molecule has 0 saturated carbocycles. The van der Waals surface area contributed by atoms with Crippen LogP contribution in [-0.4, -0.2) is 43.8 Å². The minimum atomic E-state index is -4.09. The third-order valence-electron chi connectivity index (χ3n) is 6.55. The highest BCUT2D eigenvalue weighted by Gasteiger charge is 2.34. The molecule has 3 aromatic rings. The van der Waals surface area contributed by atoms with Crippen LogP contribution < -0.4 is 9.62 Å². The second-order valence-corrected chi connectivity index (χ2v) is 11.9. The van der Waals surface area contributed by atoms with Crippen LogP contribution in [-0.2, 0) is 26.2 Å². The number of benzene rings is 3. The topological polar surface area (TPSA) is 86.8 Å². The van der Waals surface area contributed by atoms with Crippen molar-refractivity contribution < 1.29 is 18.0 Å². The monoisotopic (exact) mass is 569 g/mol. The van der Waals surface area contributed by atoms with Gasteiger partial charge in [0.2, 0.25) is 11.8 Å². The molecule has 0 heterocycles. The van der Waals surface area contributed by atoms with Gasteiger partial charge in [0.25, 0.3) is 10.0 Å². The fourth-order valence-electron chi connectivity index (χ4n) is 4.18. The number of rotatable bonds is 12. The number of nitrogens with zero attached hydrogens (tertiary/aromatic N) is 2. The summed E-state index contributed by atoms with van der Waals surface area (Å²) in [6, 6.07) is 21.2. The molecule has 3 aromatic carbocycles. The Labute approximate surface area is 236 Å². The zero-order valence-corrected chi connectivity index (χ0v) is 24.4. The number of aryl methyl sites for hydroxylation is 1. The number of sulfonamides is 1. The summed E-state index contributed by atoms with van der Waals surface area (Å²) in [4.78, 5) is 28.9. The van der Waals surface area contributed by atoms with Gasteiger partial charge in [-0.3, -0.25) is 13.9 Å². The smallest absolute Gasteiger partial charge is 0.264 e. The van der Waals surface area contributed by atoms with Crippen LogP contribution in [0.1, 0.15) is 44.7 Å². The van der Waals surface area contributed by atoms with E-state index in [4.69, 9.17) is 11.6 Å². The Kier molecular flexibility index (Phi) is 10.5. The molecule has 0 radical (unpaired) electrons. The van der Waals surface area contributed by atoms with Crippen LogP contribution in [0.25, 0.3) is 0 Å². The largest absolute Gasteiger partial charge is 0.352 e. The normalized spacial score (nSPS) is 12.8. The van der Waals surface area contributed by atoms with E-state index in [-0.39, 0.29) is 23.4 Å². The SMILES string of the molecule is CC[C@@H](C)NC(=O)[C@H](CC)N(Cc1ccc(Cl)cc1)C(=O)CN(c1cccc(C)c1)S(=O)(=O)c1ccccc1. The van der Waals surface area contributed by atoms with Crippen LogP contribution >= 0.6 is 11.6 Å². The lowest BCUT2D eigenvalue weighted by molar-refractivity contribution is -0.140. The highest BCUT2D eigenvalue weighted by molar-refractivity contribution is 7.92. The fraction of sp³-hybridized carbons (Fsp3) is 0.333. The minimum Gasteiger partial charge on any atom is -0.352 e. The van der Waals surface area contributed by atoms with Gasteiger partial charge in [0.15, 0.2) is 0 Å². The Hall–Kier alpha value is -3.36. The number of carbonyl (C=O) groups is 2. The van der Waals surface area contributed by atoms with Crippen LogP contribution in [0.5, 0.6) is 0 Å². The molecule has 0 aliphatic rings. The Morgan fingerprint density at radius 1 is 0.923 bits per heavy atom. The number of halogens is 1. The molecule has 1 N–H and O–H groups in total. The Balaban J connectivity index is 2.04. The van der Waals surface area contributed by atoms with E-state index in [1.54, 1.807) is 60.7 Å². The van der Waals surface area contributed by atoms with Crippen molar-refractivity contribution in [2.24, 2.45) is 0 Å². The number of hydrogen-bond donors (Lipinski definition) is 1. The molecular formula is C30H36ClN3O4S. The van der Waals surface area contributed by atoms with Gasteiger partial charge < -0.3 is 10.2 Å². The summed E-state index contributed by atoms with van der Waals surface area (Å²) in [5.74, 6) is -0.765. The number of anilines is 1. The predicted molar refractivity (Wildman–Crippen MR) is 156 cm³/mol. The highest BCUT2D eigenvalue weighted by Crippen LogP contribution is 2.25. The molecule has 3 rings (SSSR count). The molecule has 2 amide bonds. The maximum atomic E-state index is 14.0. The van der Waals surface area contributed by atoms with Gasteiger partial charge in [-0.2, -0.15) is 0 Å². The molecule has 0 saturated heterocycles. The van der Waals surface area contributed by atoms with Crippen molar-refractivity contribution in [2.45, 2.75) is 64.1 Å². The van der Waals surface area contributed by atoms with Gasteiger partial charge in [-0.1, -0.05) is 67.9 Å². The van der Waals surface area contributed by atoms with E-state index in [2.05, 4.69) is 5.32 Å². The van der Waals surface area contributed by atoms with Crippen molar-refractivity contribution in [1.29, 1.82) is 0 Å². The first-order valence-corrected chi connectivity index (χ1v) is 14.9. The maximum Gasteiger partial charge on any atom is 0.264 e. The first-order chi connectivity index (χ1) is 18.6. The average Bonchev–Trinajstić information content (AvgIpc) is 2.92. The summed E-state index contributed by atoms with van der Waals surface area (Å²) in [5.41, 5.74) is 2.00. The van der Waals surface area contributed by atoms with Gasteiger partial charge in [0.05, 0.1) is 10.6 Å². The van der Waals surface area contributed by atoms with Gasteiger partial charge in [-0.25, -0.2) is 8.42 Å². The van der Waals surface area contributed by atoms with E-state index in [0.717, 1.165) is 21.9 Å². The lowest BCUT2D eigenvalue weighted by Gasteiger charge is -2.33. The Morgan fingerprint density at radius 3 is 2.18 bits per heavy atom. The molecule has 0 bridgehead atoms. The molecule has 39 heavy (non-hydrogen) atoms. The minimum absolute atomic E-state index is 0.0683. The second-order valence-electron chi connectivity index (χ2n) is 9.55. The number of carbonyl (C=O) groups excluding carboxylic acids is 2. The molecule has 9 heteroatoms. The summed E-state index contributed by atoms with van der Waals surface area (Å²) < 4.78 is 28.8. The summed E-state index contributed by atoms with van der Waals surface area (Å²) in [6.45, 7) is 7.22. The Morgan fingerprint density at radius 2 is 1.59 bits per heavy atom. The Bertz CT molecular complexity index is 1360. The summed E-state index contributed by atoms with van der Waals surface area (Å²) >= 11 is 6.06. The summed E-state index contributed by atoms with van der Waals surface area (Å²) in [6.07, 6.45) is 1.10. The van der Waals surface area contributed by atoms with Crippen LogP contribution in [0.4, 0.5) is 5.69 Å². The first-order valence-electron chi connectivity index (χ1n) is 13.1. The number of nitrogens with one attached hydrogen (secondary N) is 1. The van der Waals surface area contributed by atoms with Crippen LogP contribution in [0.3, 0.4) is 0 Å². The average molecular weight is 570 g/mol. The van der Waals surface area contributed by atoms with Crippen LogP contribution in [0, 0.1) is 6.92 Å². The van der Waals surface area contributed by atoms with Gasteiger partial charge in [-0.15, -0.1) is 0 Å². The molecule has 7 nitrogen and oxygen atoms in total. The first kappa shape index (κ1) is 30.2. The molecule has 208 valence electrons. The van der Waals surface area contributed by atoms with E-state index in [9.17, 15) is 18.0 Å². The standard InChI is InChI=1S/C30H36ClN3O4S/c1-5-23(4)32-30(36)28(6-2)33(20-24-15-17-25(31)18-16-24)29(35)21-34(26-12-10-11-22(3)19-26)39(37,38)27-13-8-7-9-14-27/h7-19,23,28H,5-6,20-21H2,1-4H3,(H,32,36)/t23-,28+/m1/s1. The van der Waals surface area contributed by atoms with Crippen LogP contribution in [0.2, 0.25) is 5.02 Å². The van der Waals surface area contributed by atoms with Gasteiger partial charge in [-0.05, 0) is 74.2 Å². The molecule has 0 aromatic heterocycles. The molecule has 0 aliphatic heterocycles. The van der Waals surface area contributed by atoms with Crippen molar-refractivity contribution in [3.05, 3.63) is 95.0 Å². The molecule has 2 atom stereocenters. The second kappa shape index (κ2) is 13.6. The van der Waals surface area contributed by atoms with Crippen LogP contribution in [0.15, 0.2) is 83.8 Å². The predicted octanol–water partition coefficient (Wildman–Crippen LogP) is 5.57. The lowest BCUT2D eigenvalue weighted by Crippen LogP contribution is -2.53. The van der Waals surface area contributed by atoms with E-state index in [0.29, 0.717) is 17.1 Å². The zero-order valence-electron chi connectivity index (χ0n) is 22.8. The van der Waals surface area contributed by atoms with Gasteiger partial charge in [0, 0.05) is 17.6 Å². The number of hydrogen-bond acceptors (Lipinski definition) is 4. The lowest BCUT2D eigenvalue weighted by atomic mass is 10.1. The summed E-state index contributed by atoms with van der Waals surface area (Å²) in [5, 5.41) is 3.53. The molecule has 0 spiro atoms. The van der Waals surface area contributed by atoms with Crippen molar-refractivity contribution in [3.8, 4) is 0 Å². The van der Waals surface area contributed by atoms with E-state index in [1.807, 2.05) is 33.8 Å². The van der Waals surface area contributed by atoms with Gasteiger partial charge in [0.1, 0.15) is 12.6 Å². The van der Waals surface area contributed by atoms with Crippen molar-refractivity contribution in [2.75, 3.05) is 10.8 Å². The molecular weight excluding hydrogens is 534 g/mol.